The first-order chi connectivity index (χ1) is 17.2. The zero-order chi connectivity index (χ0) is 26.2. The van der Waals surface area contributed by atoms with Gasteiger partial charge in [0, 0.05) is 16.4 Å². The van der Waals surface area contributed by atoms with E-state index in [9.17, 15) is 19.2 Å². The number of amides is 2. The SMILES string of the molecule is COc1cc(/C=C(\C#N)C(=O)Nc2ccc(F)cc2)cc(I)c1OCC(=O)Nc1ccc(C)c(Cl)c1. The van der Waals surface area contributed by atoms with Crippen molar-refractivity contribution in [3.8, 4) is 17.6 Å². The molecule has 0 aliphatic heterocycles. The molecular weight excluding hydrogens is 600 g/mol. The number of ether oxygens (including phenoxy) is 2. The predicted molar refractivity (Wildman–Crippen MR) is 145 cm³/mol. The molecule has 0 heterocycles. The van der Waals surface area contributed by atoms with Crippen LogP contribution in [0.1, 0.15) is 11.1 Å². The monoisotopic (exact) mass is 619 g/mol. The van der Waals surface area contributed by atoms with Crippen molar-refractivity contribution in [1.82, 2.24) is 0 Å². The highest BCUT2D eigenvalue weighted by molar-refractivity contribution is 14.1. The van der Waals surface area contributed by atoms with Gasteiger partial charge in [-0.1, -0.05) is 17.7 Å². The van der Waals surface area contributed by atoms with E-state index in [-0.39, 0.29) is 18.1 Å². The summed E-state index contributed by atoms with van der Waals surface area (Å²) in [5, 5.41) is 15.3. The first kappa shape index (κ1) is 27.0. The molecule has 3 aromatic carbocycles. The van der Waals surface area contributed by atoms with E-state index < -0.39 is 11.7 Å². The average molecular weight is 620 g/mol. The fourth-order valence-electron chi connectivity index (χ4n) is 3.02. The van der Waals surface area contributed by atoms with Crippen LogP contribution in [0.25, 0.3) is 6.08 Å². The third kappa shape index (κ3) is 7.19. The molecule has 3 aromatic rings. The summed E-state index contributed by atoms with van der Waals surface area (Å²) in [6.07, 6.45) is 1.39. The molecule has 36 heavy (non-hydrogen) atoms. The Kier molecular flexibility index (Phi) is 9.27. The number of nitrogens with zero attached hydrogens (tertiary/aromatic N) is 1. The molecule has 0 unspecified atom stereocenters. The van der Waals surface area contributed by atoms with Crippen molar-refractivity contribution in [2.75, 3.05) is 24.4 Å². The number of halogens is 3. The maximum Gasteiger partial charge on any atom is 0.266 e. The lowest BCUT2D eigenvalue weighted by Gasteiger charge is -2.14. The van der Waals surface area contributed by atoms with Gasteiger partial charge in [0.2, 0.25) is 0 Å². The number of rotatable bonds is 8. The van der Waals surface area contributed by atoms with Gasteiger partial charge in [-0.2, -0.15) is 5.26 Å². The molecule has 3 rings (SSSR count). The number of hydrogen-bond donors (Lipinski definition) is 2. The van der Waals surface area contributed by atoms with E-state index in [0.29, 0.717) is 37.0 Å². The van der Waals surface area contributed by atoms with Crippen molar-refractivity contribution in [3.05, 3.63) is 85.7 Å². The van der Waals surface area contributed by atoms with E-state index >= 15 is 0 Å². The van der Waals surface area contributed by atoms with E-state index in [1.54, 1.807) is 30.3 Å². The Morgan fingerprint density at radius 2 is 1.81 bits per heavy atom. The number of nitriles is 1. The zero-order valence-corrected chi connectivity index (χ0v) is 22.1. The molecule has 7 nitrogen and oxygen atoms in total. The van der Waals surface area contributed by atoms with E-state index in [1.807, 2.05) is 35.6 Å². The number of nitrogens with one attached hydrogen (secondary N) is 2. The fraction of sp³-hybridized carbons (Fsp3) is 0.115. The van der Waals surface area contributed by atoms with E-state index in [2.05, 4.69) is 10.6 Å². The van der Waals surface area contributed by atoms with Crippen molar-refractivity contribution in [3.63, 3.8) is 0 Å². The molecule has 0 fully saturated rings. The van der Waals surface area contributed by atoms with Crippen LogP contribution >= 0.6 is 34.2 Å². The quantitative estimate of drug-likeness (QED) is 0.184. The van der Waals surface area contributed by atoms with Gasteiger partial charge in [-0.25, -0.2) is 4.39 Å². The molecule has 184 valence electrons. The molecule has 2 amide bonds. The summed E-state index contributed by atoms with van der Waals surface area (Å²) in [5.74, 6) is -0.825. The highest BCUT2D eigenvalue weighted by Crippen LogP contribution is 2.34. The minimum absolute atomic E-state index is 0.165. The topological polar surface area (TPSA) is 100 Å². The number of methoxy groups -OCH3 is 1. The van der Waals surface area contributed by atoms with Crippen LogP contribution in [0.4, 0.5) is 15.8 Å². The van der Waals surface area contributed by atoms with Crippen molar-refractivity contribution >= 4 is 63.5 Å². The standard InChI is InChI=1S/C26H20ClFIN3O4/c1-15-3-6-20(12-21(15)27)31-24(33)14-36-25-22(29)10-16(11-23(25)35-2)9-17(13-30)26(34)32-19-7-4-18(28)5-8-19/h3-12H,14H2,1-2H3,(H,31,33)(H,32,34)/b17-9+. The van der Waals surface area contributed by atoms with Crippen LogP contribution in [0.3, 0.4) is 0 Å². The Labute approximate surface area is 226 Å². The van der Waals surface area contributed by atoms with Crippen LogP contribution in [-0.4, -0.2) is 25.5 Å². The fourth-order valence-corrected chi connectivity index (χ4v) is 3.98. The van der Waals surface area contributed by atoms with Crippen molar-refractivity contribution in [2.45, 2.75) is 6.92 Å². The Morgan fingerprint density at radius 1 is 1.11 bits per heavy atom. The summed E-state index contributed by atoms with van der Waals surface area (Å²) in [4.78, 5) is 24.9. The summed E-state index contributed by atoms with van der Waals surface area (Å²) in [7, 11) is 1.44. The Bertz CT molecular complexity index is 1370. The summed E-state index contributed by atoms with van der Waals surface area (Å²) in [6, 6.07) is 15.5. The molecule has 0 saturated carbocycles. The summed E-state index contributed by atoms with van der Waals surface area (Å²) >= 11 is 8.10. The minimum atomic E-state index is -0.647. The van der Waals surface area contributed by atoms with Crippen LogP contribution in [0.2, 0.25) is 5.02 Å². The lowest BCUT2D eigenvalue weighted by atomic mass is 10.1. The number of benzene rings is 3. The second kappa shape index (κ2) is 12.4. The summed E-state index contributed by atoms with van der Waals surface area (Å²) < 4.78 is 24.8. The summed E-state index contributed by atoms with van der Waals surface area (Å²) in [6.45, 7) is 1.58. The molecule has 0 spiro atoms. The van der Waals surface area contributed by atoms with Crippen LogP contribution in [0, 0.1) is 27.6 Å². The molecule has 10 heteroatoms. The molecule has 2 N–H and O–H groups in total. The average Bonchev–Trinajstić information content (AvgIpc) is 2.85. The largest absolute Gasteiger partial charge is 0.493 e. The van der Waals surface area contributed by atoms with Gasteiger partial charge in [0.25, 0.3) is 11.8 Å². The molecule has 0 atom stereocenters. The normalized spacial score (nSPS) is 10.8. The van der Waals surface area contributed by atoms with Gasteiger partial charge < -0.3 is 20.1 Å². The van der Waals surface area contributed by atoms with Crippen molar-refractivity contribution < 1.29 is 23.5 Å². The molecular formula is C26H20ClFIN3O4. The predicted octanol–water partition coefficient (Wildman–Crippen LogP) is 5.96. The molecule has 0 aliphatic rings. The van der Waals surface area contributed by atoms with Crippen LogP contribution < -0.4 is 20.1 Å². The van der Waals surface area contributed by atoms with Gasteiger partial charge >= 0.3 is 0 Å². The number of carbonyl (C=O) groups excluding carboxylic acids is 2. The van der Waals surface area contributed by atoms with E-state index in [1.165, 1.54) is 37.5 Å². The first-order valence-corrected chi connectivity index (χ1v) is 11.9. The number of hydrogen-bond acceptors (Lipinski definition) is 5. The van der Waals surface area contributed by atoms with Gasteiger partial charge in [0.1, 0.15) is 17.5 Å². The van der Waals surface area contributed by atoms with Gasteiger partial charge in [-0.05, 0) is 95.2 Å². The Hall–Kier alpha value is -3.62. The van der Waals surface area contributed by atoms with E-state index in [4.69, 9.17) is 21.1 Å². The third-order valence-corrected chi connectivity index (χ3v) is 6.04. The minimum Gasteiger partial charge on any atom is -0.493 e. The van der Waals surface area contributed by atoms with Crippen LogP contribution in [0.5, 0.6) is 11.5 Å². The molecule has 0 aliphatic carbocycles. The van der Waals surface area contributed by atoms with Gasteiger partial charge in [-0.15, -0.1) is 0 Å². The molecule has 0 saturated heterocycles. The smallest absolute Gasteiger partial charge is 0.266 e. The third-order valence-electron chi connectivity index (χ3n) is 4.83. The highest BCUT2D eigenvalue weighted by Gasteiger charge is 2.16. The second-order valence-electron chi connectivity index (χ2n) is 7.47. The van der Waals surface area contributed by atoms with Gasteiger partial charge in [-0.3, -0.25) is 9.59 Å². The first-order valence-electron chi connectivity index (χ1n) is 10.4. The number of anilines is 2. The maximum atomic E-state index is 13.1. The van der Waals surface area contributed by atoms with Crippen LogP contribution in [0.15, 0.2) is 60.2 Å². The lowest BCUT2D eigenvalue weighted by Crippen LogP contribution is -2.20. The molecule has 0 radical (unpaired) electrons. The van der Waals surface area contributed by atoms with Crippen molar-refractivity contribution in [1.29, 1.82) is 5.26 Å². The van der Waals surface area contributed by atoms with E-state index in [0.717, 1.165) is 5.56 Å². The molecule has 0 aromatic heterocycles. The summed E-state index contributed by atoms with van der Waals surface area (Å²) in [5.41, 5.74) is 2.14. The van der Waals surface area contributed by atoms with Crippen LogP contribution in [-0.2, 0) is 9.59 Å². The number of carbonyl (C=O) groups is 2. The van der Waals surface area contributed by atoms with Gasteiger partial charge in [0.05, 0.1) is 10.7 Å². The highest BCUT2D eigenvalue weighted by atomic mass is 127. The number of aryl methyl sites for hydroxylation is 1. The molecule has 0 bridgehead atoms. The Morgan fingerprint density at radius 3 is 2.44 bits per heavy atom. The lowest BCUT2D eigenvalue weighted by molar-refractivity contribution is -0.118. The maximum absolute atomic E-state index is 13.1. The van der Waals surface area contributed by atoms with Crippen molar-refractivity contribution in [2.24, 2.45) is 0 Å². The van der Waals surface area contributed by atoms with Gasteiger partial charge in [0.15, 0.2) is 18.1 Å². The Balaban J connectivity index is 1.73. The zero-order valence-electron chi connectivity index (χ0n) is 19.2. The second-order valence-corrected chi connectivity index (χ2v) is 9.04.